The first-order valence-corrected chi connectivity index (χ1v) is 19.6. The number of nitrogens with one attached hydrogen (secondary N) is 3. The number of benzene rings is 3. The number of carboxylic acid groups (broad SMARTS) is 1. The van der Waals surface area contributed by atoms with Crippen molar-refractivity contribution in [1.82, 2.24) is 21.0 Å². The minimum Gasteiger partial charge on any atom is -0.496 e. The molecule has 4 aliphatic rings. The second kappa shape index (κ2) is 16.4. The van der Waals surface area contributed by atoms with Gasteiger partial charge in [-0.2, -0.15) is 5.06 Å². The lowest BCUT2D eigenvalue weighted by Crippen LogP contribution is -2.60. The van der Waals surface area contributed by atoms with Crippen LogP contribution in [0.1, 0.15) is 67.6 Å². The van der Waals surface area contributed by atoms with Crippen LogP contribution in [0.25, 0.3) is 16.8 Å². The highest BCUT2D eigenvalue weighted by molar-refractivity contribution is 5.87. The molecule has 10 heteroatoms. The molecule has 1 heterocycles. The van der Waals surface area contributed by atoms with E-state index in [0.717, 1.165) is 57.1 Å². The average molecular weight is 752 g/mol. The second-order valence-corrected chi connectivity index (χ2v) is 16.7. The average Bonchev–Trinajstić information content (AvgIpc) is 3.52. The lowest BCUT2D eigenvalue weighted by Gasteiger charge is -2.62. The molecule has 0 amide bonds. The molecular formula is C45H61N5O5. The number of methoxy groups -OCH3 is 1. The van der Waals surface area contributed by atoms with Crippen molar-refractivity contribution in [3.05, 3.63) is 102 Å². The third-order valence-corrected chi connectivity index (χ3v) is 12.9. The normalized spacial score (nSPS) is 26.1. The van der Waals surface area contributed by atoms with Gasteiger partial charge < -0.3 is 35.8 Å². The first-order valence-electron chi connectivity index (χ1n) is 19.6. The molecule has 55 heavy (non-hydrogen) atoms. The van der Waals surface area contributed by atoms with E-state index in [1.807, 2.05) is 39.2 Å². The standard InChI is InChI=1S/C45H61N5O5/c1-26-38-21-35(45(38,5)6)22-39(26)48-28(3)42-41(29(4)51)40(24-47-23-30-13-11-14-31(17-30)44(52)53)55-50(42)25-32-15-12-16-37(43(32)54-10)34-18-33(27(2)46-7)19-36(20-34)49(8)9/h11-20,26,29,35,38-42,46-48,51H,2-3,21-25H2,1,4-10H3,(H,52,53)/t26-,29-,35+,38-,39-,40-,41+,42+/m0/s1. The number of ether oxygens (including phenoxy) is 1. The molecule has 0 aromatic heterocycles. The molecule has 3 aromatic rings. The van der Waals surface area contributed by atoms with Crippen LogP contribution in [0, 0.1) is 29.1 Å². The van der Waals surface area contributed by atoms with Crippen LogP contribution in [0.15, 0.2) is 79.5 Å². The molecule has 0 spiro atoms. The molecular weight excluding hydrogens is 691 g/mol. The lowest BCUT2D eigenvalue weighted by molar-refractivity contribution is -0.165. The maximum atomic E-state index is 11.6. The predicted molar refractivity (Wildman–Crippen MR) is 221 cm³/mol. The molecule has 296 valence electrons. The van der Waals surface area contributed by atoms with Crippen LogP contribution in [0.5, 0.6) is 5.75 Å². The zero-order valence-electron chi connectivity index (χ0n) is 33.9. The van der Waals surface area contributed by atoms with E-state index >= 15 is 0 Å². The Bertz CT molecular complexity index is 1890. The Morgan fingerprint density at radius 3 is 2.47 bits per heavy atom. The fourth-order valence-corrected chi connectivity index (χ4v) is 9.52. The Hall–Kier alpha value is -4.35. The Morgan fingerprint density at radius 1 is 1.09 bits per heavy atom. The summed E-state index contributed by atoms with van der Waals surface area (Å²) in [5.74, 6) is 1.33. The minimum atomic E-state index is -0.957. The van der Waals surface area contributed by atoms with Crippen molar-refractivity contribution in [2.45, 2.75) is 77.9 Å². The first kappa shape index (κ1) is 40.3. The fraction of sp³-hybridized carbons (Fsp3) is 0.489. The summed E-state index contributed by atoms with van der Waals surface area (Å²) < 4.78 is 6.20. The van der Waals surface area contributed by atoms with Crippen molar-refractivity contribution >= 4 is 17.4 Å². The van der Waals surface area contributed by atoms with E-state index in [0.29, 0.717) is 48.8 Å². The van der Waals surface area contributed by atoms with E-state index in [1.54, 1.807) is 25.3 Å². The molecule has 8 atom stereocenters. The van der Waals surface area contributed by atoms with Gasteiger partial charge in [0.2, 0.25) is 0 Å². The van der Waals surface area contributed by atoms with E-state index in [-0.39, 0.29) is 23.6 Å². The summed E-state index contributed by atoms with van der Waals surface area (Å²) in [4.78, 5) is 20.5. The quantitative estimate of drug-likeness (QED) is 0.108. The van der Waals surface area contributed by atoms with Gasteiger partial charge in [0.05, 0.1) is 37.5 Å². The van der Waals surface area contributed by atoms with Crippen molar-refractivity contribution in [2.24, 2.45) is 29.1 Å². The van der Waals surface area contributed by atoms with Crippen LogP contribution in [0.3, 0.4) is 0 Å². The number of aromatic carboxylic acids is 1. The summed E-state index contributed by atoms with van der Waals surface area (Å²) in [6.45, 7) is 19.2. The van der Waals surface area contributed by atoms with Crippen LogP contribution in [0.2, 0.25) is 0 Å². The van der Waals surface area contributed by atoms with Gasteiger partial charge in [0.15, 0.2) is 0 Å². The maximum absolute atomic E-state index is 11.6. The molecule has 3 aliphatic carbocycles. The molecule has 5 N–H and O–H groups in total. The Morgan fingerprint density at radius 2 is 1.84 bits per heavy atom. The molecule has 1 aliphatic heterocycles. The van der Waals surface area contributed by atoms with Gasteiger partial charge in [-0.3, -0.25) is 4.84 Å². The number of carbonyl (C=O) groups is 1. The number of rotatable bonds is 16. The van der Waals surface area contributed by atoms with Gasteiger partial charge in [-0.1, -0.05) is 64.3 Å². The minimum absolute atomic E-state index is 0.248. The monoisotopic (exact) mass is 751 g/mol. The van der Waals surface area contributed by atoms with Crippen LogP contribution in [-0.2, 0) is 17.9 Å². The molecule has 7 rings (SSSR count). The lowest BCUT2D eigenvalue weighted by atomic mass is 9.44. The van der Waals surface area contributed by atoms with E-state index in [4.69, 9.17) is 9.57 Å². The number of hydrogen-bond donors (Lipinski definition) is 5. The third-order valence-electron chi connectivity index (χ3n) is 12.9. The van der Waals surface area contributed by atoms with Crippen molar-refractivity contribution < 1.29 is 24.6 Å². The summed E-state index contributed by atoms with van der Waals surface area (Å²) in [6.07, 6.45) is 1.30. The number of aliphatic hydroxyl groups excluding tert-OH is 1. The summed E-state index contributed by atoms with van der Waals surface area (Å²) in [5, 5.41) is 33.5. The van der Waals surface area contributed by atoms with E-state index in [1.165, 1.54) is 6.42 Å². The van der Waals surface area contributed by atoms with Crippen LogP contribution < -0.4 is 25.6 Å². The van der Waals surface area contributed by atoms with Gasteiger partial charge in [-0.05, 0) is 90.0 Å². The van der Waals surface area contributed by atoms with Gasteiger partial charge in [0.1, 0.15) is 5.75 Å². The van der Waals surface area contributed by atoms with Gasteiger partial charge in [0.25, 0.3) is 0 Å². The topological polar surface area (TPSA) is 119 Å². The molecule has 1 saturated heterocycles. The summed E-state index contributed by atoms with van der Waals surface area (Å²) in [7, 11) is 7.63. The van der Waals surface area contributed by atoms with Crippen molar-refractivity contribution in [3.63, 3.8) is 0 Å². The number of para-hydroxylation sites is 1. The molecule has 2 bridgehead atoms. The molecule has 0 unspecified atom stereocenters. The highest BCUT2D eigenvalue weighted by Gasteiger charge is 2.57. The Balaban J connectivity index is 1.31. The van der Waals surface area contributed by atoms with Crippen LogP contribution in [-0.4, -0.2) is 80.3 Å². The van der Waals surface area contributed by atoms with Gasteiger partial charge in [-0.15, -0.1) is 0 Å². The number of nitrogens with zero attached hydrogens (tertiary/aromatic N) is 2. The number of aliphatic hydroxyl groups is 1. The fourth-order valence-electron chi connectivity index (χ4n) is 9.52. The summed E-state index contributed by atoms with van der Waals surface area (Å²) >= 11 is 0. The van der Waals surface area contributed by atoms with E-state index in [9.17, 15) is 15.0 Å². The molecule has 3 saturated carbocycles. The highest BCUT2D eigenvalue weighted by atomic mass is 16.7. The number of anilines is 1. The molecule has 4 fully saturated rings. The zero-order chi connectivity index (χ0) is 39.8. The molecule has 10 nitrogen and oxygen atoms in total. The largest absolute Gasteiger partial charge is 0.496 e. The number of carboxylic acids is 1. The number of fused-ring (bicyclic) bond motifs is 2. The third kappa shape index (κ3) is 8.14. The highest BCUT2D eigenvalue weighted by Crippen LogP contribution is 2.61. The SMILES string of the molecule is C=C(NC)c1cc(-c2cccc(CN3O[C@@H](CNCc4cccc(C(=O)O)c4)[C@@H]([C@H](C)O)[C@H]3C(=C)N[C@H]3C[C@H]4C[C@@H]([C@@H]3C)C4(C)C)c2OC)cc(N(C)C)c1. The maximum Gasteiger partial charge on any atom is 0.335 e. The van der Waals surface area contributed by atoms with E-state index < -0.39 is 12.1 Å². The van der Waals surface area contributed by atoms with Crippen molar-refractivity contribution in [3.8, 4) is 16.9 Å². The molecule has 3 aromatic carbocycles. The number of hydroxylamine groups is 2. The van der Waals surface area contributed by atoms with Crippen molar-refractivity contribution in [1.29, 1.82) is 0 Å². The van der Waals surface area contributed by atoms with E-state index in [2.05, 4.69) is 91.2 Å². The van der Waals surface area contributed by atoms with Gasteiger partial charge in [0, 0.05) is 74.4 Å². The Kier molecular flexibility index (Phi) is 12.0. The van der Waals surface area contributed by atoms with Gasteiger partial charge >= 0.3 is 5.97 Å². The van der Waals surface area contributed by atoms with Crippen LogP contribution >= 0.6 is 0 Å². The summed E-state index contributed by atoms with van der Waals surface area (Å²) in [6, 6.07) is 19.5. The number of hydrogen-bond acceptors (Lipinski definition) is 9. The second-order valence-electron chi connectivity index (χ2n) is 16.7. The Labute approximate surface area is 327 Å². The zero-order valence-corrected chi connectivity index (χ0v) is 33.9. The smallest absolute Gasteiger partial charge is 0.335 e. The first-order chi connectivity index (χ1) is 26.1. The van der Waals surface area contributed by atoms with Crippen LogP contribution in [0.4, 0.5) is 5.69 Å². The summed E-state index contributed by atoms with van der Waals surface area (Å²) in [5.41, 5.74) is 8.08. The van der Waals surface area contributed by atoms with Crippen molar-refractivity contribution in [2.75, 3.05) is 39.7 Å². The van der Waals surface area contributed by atoms with Gasteiger partial charge in [-0.25, -0.2) is 4.79 Å². The predicted octanol–water partition coefficient (Wildman–Crippen LogP) is 6.76. The molecule has 0 radical (unpaired) electrons.